The van der Waals surface area contributed by atoms with Crippen LogP contribution in [0.2, 0.25) is 0 Å². The number of para-hydroxylation sites is 2. The minimum absolute atomic E-state index is 0.155. The smallest absolute Gasteiger partial charge is 0.244 e. The molecular formula is C17H12F2N2O2. The Kier molecular flexibility index (Phi) is 3.89. The Balaban J connectivity index is 1.90. The van der Waals surface area contributed by atoms with Crippen molar-refractivity contribution in [2.75, 3.05) is 5.32 Å². The molecule has 1 aromatic heterocycles. The predicted molar refractivity (Wildman–Crippen MR) is 83.2 cm³/mol. The van der Waals surface area contributed by atoms with E-state index in [1.165, 1.54) is 18.3 Å². The Morgan fingerprint density at radius 1 is 1.00 bits per heavy atom. The van der Waals surface area contributed by atoms with Gasteiger partial charge in [0.15, 0.2) is 5.43 Å². The lowest BCUT2D eigenvalue weighted by Gasteiger charge is -2.11. The van der Waals surface area contributed by atoms with Crippen LogP contribution in [0.25, 0.3) is 10.9 Å². The molecule has 2 aromatic carbocycles. The summed E-state index contributed by atoms with van der Waals surface area (Å²) in [7, 11) is 0. The van der Waals surface area contributed by atoms with Crippen molar-refractivity contribution in [1.29, 1.82) is 0 Å². The summed E-state index contributed by atoms with van der Waals surface area (Å²) in [5, 5.41) is 2.69. The fourth-order valence-corrected chi connectivity index (χ4v) is 2.35. The third-order valence-electron chi connectivity index (χ3n) is 3.43. The van der Waals surface area contributed by atoms with Crippen LogP contribution in [0, 0.1) is 11.6 Å². The van der Waals surface area contributed by atoms with Gasteiger partial charge >= 0.3 is 0 Å². The van der Waals surface area contributed by atoms with Crippen molar-refractivity contribution in [3.8, 4) is 0 Å². The van der Waals surface area contributed by atoms with E-state index in [0.29, 0.717) is 10.9 Å². The second-order valence-electron chi connectivity index (χ2n) is 4.97. The second kappa shape index (κ2) is 6.00. The number of carbonyl (C=O) groups excluding carboxylic acids is 1. The fraction of sp³-hybridized carbons (Fsp3) is 0.0588. The van der Waals surface area contributed by atoms with Crippen molar-refractivity contribution in [2.45, 2.75) is 6.54 Å². The minimum Gasteiger partial charge on any atom is -0.338 e. The van der Waals surface area contributed by atoms with E-state index in [1.54, 1.807) is 28.8 Å². The van der Waals surface area contributed by atoms with Gasteiger partial charge in [0, 0.05) is 17.6 Å². The Morgan fingerprint density at radius 3 is 2.43 bits per heavy atom. The highest BCUT2D eigenvalue weighted by Gasteiger charge is 2.13. The average Bonchev–Trinajstić information content (AvgIpc) is 2.54. The molecule has 1 N–H and O–H groups in total. The molecule has 0 aliphatic heterocycles. The molecule has 4 nitrogen and oxygen atoms in total. The van der Waals surface area contributed by atoms with Gasteiger partial charge < -0.3 is 9.88 Å². The van der Waals surface area contributed by atoms with Crippen LogP contribution >= 0.6 is 0 Å². The molecule has 0 unspecified atom stereocenters. The highest BCUT2D eigenvalue weighted by Crippen LogP contribution is 2.18. The number of rotatable bonds is 3. The van der Waals surface area contributed by atoms with Crippen molar-refractivity contribution in [2.24, 2.45) is 0 Å². The van der Waals surface area contributed by atoms with E-state index in [4.69, 9.17) is 0 Å². The van der Waals surface area contributed by atoms with Crippen molar-refractivity contribution < 1.29 is 13.6 Å². The number of hydrogen-bond acceptors (Lipinski definition) is 2. The van der Waals surface area contributed by atoms with Crippen molar-refractivity contribution in [3.05, 3.63) is 76.6 Å². The first-order valence-corrected chi connectivity index (χ1v) is 6.88. The zero-order chi connectivity index (χ0) is 16.4. The van der Waals surface area contributed by atoms with Gasteiger partial charge in [0.2, 0.25) is 5.91 Å². The van der Waals surface area contributed by atoms with Crippen molar-refractivity contribution in [3.63, 3.8) is 0 Å². The number of fused-ring (bicyclic) bond motifs is 1. The van der Waals surface area contributed by atoms with Crippen LogP contribution in [0.15, 0.2) is 59.5 Å². The van der Waals surface area contributed by atoms with Crippen LogP contribution in [-0.2, 0) is 11.3 Å². The normalized spacial score (nSPS) is 10.7. The first kappa shape index (κ1) is 14.9. The summed E-state index contributed by atoms with van der Waals surface area (Å²) in [4.78, 5) is 23.9. The molecule has 3 rings (SSSR count). The van der Waals surface area contributed by atoms with Gasteiger partial charge in [-0.3, -0.25) is 9.59 Å². The van der Waals surface area contributed by atoms with Crippen LogP contribution in [0.4, 0.5) is 14.5 Å². The molecule has 3 aromatic rings. The van der Waals surface area contributed by atoms with Crippen LogP contribution < -0.4 is 10.7 Å². The lowest BCUT2D eigenvalue weighted by Crippen LogP contribution is -2.21. The van der Waals surface area contributed by atoms with Gasteiger partial charge in [-0.25, -0.2) is 8.78 Å². The third-order valence-corrected chi connectivity index (χ3v) is 3.43. The highest BCUT2D eigenvalue weighted by atomic mass is 19.1. The van der Waals surface area contributed by atoms with Gasteiger partial charge in [0.1, 0.15) is 23.9 Å². The number of benzene rings is 2. The number of halogens is 2. The summed E-state index contributed by atoms with van der Waals surface area (Å²) in [5.41, 5.74) is -0.0654. The molecule has 0 radical (unpaired) electrons. The highest BCUT2D eigenvalue weighted by molar-refractivity contribution is 5.92. The van der Waals surface area contributed by atoms with Crippen LogP contribution in [0.3, 0.4) is 0 Å². The number of hydrogen-bond donors (Lipinski definition) is 1. The number of nitrogens with one attached hydrogen (secondary N) is 1. The Hall–Kier alpha value is -3.02. The standard InChI is InChI=1S/C17H12F2N2O2/c18-12-5-3-6-13(19)17(12)20-16(23)10-21-9-8-15(22)11-4-1-2-7-14(11)21/h1-9H,10H2,(H,20,23). The van der Waals surface area contributed by atoms with Gasteiger partial charge in [-0.2, -0.15) is 0 Å². The molecule has 0 atom stereocenters. The monoisotopic (exact) mass is 314 g/mol. The topological polar surface area (TPSA) is 51.1 Å². The molecule has 0 aliphatic carbocycles. The number of nitrogens with zero attached hydrogens (tertiary/aromatic N) is 1. The lowest BCUT2D eigenvalue weighted by atomic mass is 10.2. The minimum atomic E-state index is -0.844. The molecule has 1 amide bonds. The van der Waals surface area contributed by atoms with E-state index in [2.05, 4.69) is 5.32 Å². The molecule has 0 saturated carbocycles. The molecule has 0 aliphatic rings. The number of carbonyl (C=O) groups is 1. The first-order chi connectivity index (χ1) is 11.1. The predicted octanol–water partition coefficient (Wildman–Crippen LogP) is 2.92. The number of aromatic nitrogens is 1. The van der Waals surface area contributed by atoms with Crippen LogP contribution in [-0.4, -0.2) is 10.5 Å². The summed E-state index contributed by atoms with van der Waals surface area (Å²) in [6.07, 6.45) is 1.47. The Bertz CT molecular complexity index is 930. The van der Waals surface area contributed by atoms with Gasteiger partial charge in [0.05, 0.1) is 5.52 Å². The average molecular weight is 314 g/mol. The molecular weight excluding hydrogens is 302 g/mol. The zero-order valence-corrected chi connectivity index (χ0v) is 11.9. The lowest BCUT2D eigenvalue weighted by molar-refractivity contribution is -0.116. The maximum absolute atomic E-state index is 13.6. The molecule has 23 heavy (non-hydrogen) atoms. The van der Waals surface area contributed by atoms with E-state index in [0.717, 1.165) is 12.1 Å². The third kappa shape index (κ3) is 2.96. The Labute approximate surface area is 130 Å². The molecule has 116 valence electrons. The summed E-state index contributed by atoms with van der Waals surface area (Å²) in [6.45, 7) is -0.172. The summed E-state index contributed by atoms with van der Waals surface area (Å²) >= 11 is 0. The van der Waals surface area contributed by atoms with Crippen molar-refractivity contribution in [1.82, 2.24) is 4.57 Å². The van der Waals surface area contributed by atoms with Gasteiger partial charge in [0.25, 0.3) is 0 Å². The molecule has 0 saturated heterocycles. The summed E-state index contributed by atoms with van der Waals surface area (Å²) in [6, 6.07) is 11.5. The summed E-state index contributed by atoms with van der Waals surface area (Å²) in [5.74, 6) is -2.28. The molecule has 1 heterocycles. The maximum atomic E-state index is 13.6. The van der Waals surface area contributed by atoms with Crippen molar-refractivity contribution >= 4 is 22.5 Å². The van der Waals surface area contributed by atoms with Crippen LogP contribution in [0.1, 0.15) is 0 Å². The van der Waals surface area contributed by atoms with E-state index in [9.17, 15) is 18.4 Å². The SMILES string of the molecule is O=C(Cn1ccc(=O)c2ccccc21)Nc1c(F)cccc1F. The first-order valence-electron chi connectivity index (χ1n) is 6.88. The Morgan fingerprint density at radius 2 is 1.70 bits per heavy atom. The zero-order valence-electron chi connectivity index (χ0n) is 11.9. The largest absolute Gasteiger partial charge is 0.338 e. The van der Waals surface area contributed by atoms with Crippen LogP contribution in [0.5, 0.6) is 0 Å². The number of anilines is 1. The fourth-order valence-electron chi connectivity index (χ4n) is 2.35. The van der Waals surface area contributed by atoms with E-state index >= 15 is 0 Å². The van der Waals surface area contributed by atoms with Gasteiger partial charge in [-0.1, -0.05) is 18.2 Å². The van der Waals surface area contributed by atoms with E-state index in [1.807, 2.05) is 0 Å². The quantitative estimate of drug-likeness (QED) is 0.808. The van der Waals surface area contributed by atoms with Gasteiger partial charge in [-0.15, -0.1) is 0 Å². The number of pyridine rings is 1. The molecule has 0 fully saturated rings. The second-order valence-corrected chi connectivity index (χ2v) is 4.97. The summed E-state index contributed by atoms with van der Waals surface area (Å²) < 4.78 is 28.7. The molecule has 0 bridgehead atoms. The molecule has 6 heteroatoms. The number of amides is 1. The maximum Gasteiger partial charge on any atom is 0.244 e. The molecule has 0 spiro atoms. The van der Waals surface area contributed by atoms with Gasteiger partial charge in [-0.05, 0) is 24.3 Å². The van der Waals surface area contributed by atoms with E-state index in [-0.39, 0.29) is 12.0 Å². The van der Waals surface area contributed by atoms with E-state index < -0.39 is 23.2 Å².